The van der Waals surface area contributed by atoms with Crippen LogP contribution in [-0.2, 0) is 16.1 Å². The number of fused-ring (bicyclic) bond motifs is 1. The molecule has 0 aliphatic carbocycles. The molecule has 1 unspecified atom stereocenters. The molecule has 5 aromatic rings. The Morgan fingerprint density at radius 3 is 2.45 bits per heavy atom. The fourth-order valence-corrected chi connectivity index (χ4v) is 6.10. The zero-order valence-corrected chi connectivity index (χ0v) is 24.1. The van der Waals surface area contributed by atoms with Crippen LogP contribution < -0.4 is 15.8 Å². The molecule has 0 saturated carbocycles. The van der Waals surface area contributed by atoms with Gasteiger partial charge in [-0.15, -0.1) is 0 Å². The van der Waals surface area contributed by atoms with E-state index in [1.165, 1.54) is 6.33 Å². The molecule has 2 saturated heterocycles. The highest BCUT2D eigenvalue weighted by Gasteiger charge is 2.30. The molecule has 3 aromatic heterocycles. The molecule has 5 heterocycles. The van der Waals surface area contributed by atoms with E-state index in [1.807, 2.05) is 71.4 Å². The zero-order chi connectivity index (χ0) is 30.0. The Kier molecular flexibility index (Phi) is 7.45. The summed E-state index contributed by atoms with van der Waals surface area (Å²) in [5.74, 6) is 1.04. The van der Waals surface area contributed by atoms with E-state index in [4.69, 9.17) is 15.6 Å². The van der Waals surface area contributed by atoms with Gasteiger partial charge in [-0.25, -0.2) is 14.6 Å². The summed E-state index contributed by atoms with van der Waals surface area (Å²) >= 11 is 0. The maximum atomic E-state index is 12.4. The lowest BCUT2D eigenvalue weighted by Gasteiger charge is -2.32. The van der Waals surface area contributed by atoms with Crippen LogP contribution >= 0.6 is 0 Å². The molecule has 11 nitrogen and oxygen atoms in total. The second-order valence-electron chi connectivity index (χ2n) is 11.3. The summed E-state index contributed by atoms with van der Waals surface area (Å²) in [6.07, 6.45) is 5.87. The van der Waals surface area contributed by atoms with Gasteiger partial charge in [0.2, 0.25) is 11.8 Å². The fourth-order valence-electron chi connectivity index (χ4n) is 6.10. The zero-order valence-electron chi connectivity index (χ0n) is 24.1. The Bertz CT molecular complexity index is 1810. The molecule has 7 rings (SSSR count). The third-order valence-corrected chi connectivity index (χ3v) is 8.38. The van der Waals surface area contributed by atoms with Crippen LogP contribution in [0.1, 0.15) is 48.9 Å². The predicted molar refractivity (Wildman–Crippen MR) is 165 cm³/mol. The number of ether oxygens (including phenoxy) is 1. The second-order valence-corrected chi connectivity index (χ2v) is 11.3. The lowest BCUT2D eigenvalue weighted by atomic mass is 9.93. The van der Waals surface area contributed by atoms with Crippen molar-refractivity contribution in [2.45, 2.75) is 44.2 Å². The van der Waals surface area contributed by atoms with Crippen LogP contribution in [0.15, 0.2) is 79.3 Å². The van der Waals surface area contributed by atoms with Crippen LogP contribution in [0, 0.1) is 0 Å². The molecular formula is C33H32N8O3. The minimum atomic E-state index is -0.386. The summed E-state index contributed by atoms with van der Waals surface area (Å²) in [5.41, 5.74) is 10.6. The fraction of sp³-hybridized carbons (Fsp3) is 0.273. The summed E-state index contributed by atoms with van der Waals surface area (Å²) in [4.78, 5) is 39.6. The lowest BCUT2D eigenvalue weighted by molar-refractivity contribution is -0.134. The first-order valence-electron chi connectivity index (χ1n) is 14.8. The highest BCUT2D eigenvalue weighted by molar-refractivity contribution is 6.00. The number of benzene rings is 2. The van der Waals surface area contributed by atoms with Crippen molar-refractivity contribution in [1.82, 2.24) is 34.9 Å². The number of imide groups is 1. The Hall–Kier alpha value is -5.16. The van der Waals surface area contributed by atoms with Crippen LogP contribution in [0.25, 0.3) is 22.3 Å². The third kappa shape index (κ3) is 5.61. The first kappa shape index (κ1) is 27.7. The van der Waals surface area contributed by atoms with Crippen LogP contribution in [-0.4, -0.2) is 54.5 Å². The SMILES string of the molecule is Nc1ncnc2c1c(-c1ccc(Oc3ccccc3)cc1)nn2C1CCN(Cc2ccnc(C3CCC(=O)NC3=O)c2)CC1. The van der Waals surface area contributed by atoms with Gasteiger partial charge >= 0.3 is 0 Å². The van der Waals surface area contributed by atoms with Gasteiger partial charge in [0.1, 0.15) is 29.3 Å². The number of anilines is 1. The monoisotopic (exact) mass is 588 g/mol. The van der Waals surface area contributed by atoms with E-state index in [0.29, 0.717) is 18.7 Å². The van der Waals surface area contributed by atoms with E-state index in [2.05, 4.69) is 25.2 Å². The molecule has 2 aliphatic rings. The van der Waals surface area contributed by atoms with Gasteiger partial charge in [-0.2, -0.15) is 5.10 Å². The topological polar surface area (TPSA) is 141 Å². The van der Waals surface area contributed by atoms with Crippen molar-refractivity contribution >= 4 is 28.7 Å². The first-order valence-corrected chi connectivity index (χ1v) is 14.8. The number of para-hydroxylation sites is 1. The second kappa shape index (κ2) is 11.8. The maximum absolute atomic E-state index is 12.4. The number of nitrogens with zero attached hydrogens (tertiary/aromatic N) is 6. The third-order valence-electron chi connectivity index (χ3n) is 8.38. The number of hydrogen-bond donors (Lipinski definition) is 2. The van der Waals surface area contributed by atoms with Crippen LogP contribution in [0.2, 0.25) is 0 Å². The number of hydrogen-bond acceptors (Lipinski definition) is 9. The van der Waals surface area contributed by atoms with Gasteiger partial charge < -0.3 is 10.5 Å². The molecule has 2 fully saturated rings. The molecule has 0 radical (unpaired) electrons. The number of nitrogens with one attached hydrogen (secondary N) is 1. The van der Waals surface area contributed by atoms with Crippen LogP contribution in [0.3, 0.4) is 0 Å². The largest absolute Gasteiger partial charge is 0.457 e. The van der Waals surface area contributed by atoms with Crippen molar-refractivity contribution in [2.75, 3.05) is 18.8 Å². The molecule has 0 bridgehead atoms. The van der Waals surface area contributed by atoms with E-state index in [0.717, 1.165) is 77.5 Å². The molecule has 2 aromatic carbocycles. The van der Waals surface area contributed by atoms with Crippen molar-refractivity contribution in [3.05, 3.63) is 90.5 Å². The highest BCUT2D eigenvalue weighted by Crippen LogP contribution is 2.35. The number of piperidine rings is 2. The number of nitrogen functional groups attached to an aromatic ring is 1. The van der Waals surface area contributed by atoms with Gasteiger partial charge in [-0.3, -0.25) is 24.8 Å². The maximum Gasteiger partial charge on any atom is 0.235 e. The Morgan fingerprint density at radius 1 is 0.909 bits per heavy atom. The van der Waals surface area contributed by atoms with Crippen molar-refractivity contribution in [3.63, 3.8) is 0 Å². The van der Waals surface area contributed by atoms with E-state index in [1.54, 1.807) is 6.20 Å². The quantitative estimate of drug-likeness (QED) is 0.261. The summed E-state index contributed by atoms with van der Waals surface area (Å²) in [6, 6.07) is 21.6. The Balaban J connectivity index is 1.06. The lowest BCUT2D eigenvalue weighted by Crippen LogP contribution is -2.39. The predicted octanol–water partition coefficient (Wildman–Crippen LogP) is 4.62. The molecule has 3 N–H and O–H groups in total. The number of carbonyl (C=O) groups excluding carboxylic acids is 2. The highest BCUT2D eigenvalue weighted by atomic mass is 16.5. The summed E-state index contributed by atoms with van der Waals surface area (Å²) < 4.78 is 7.98. The van der Waals surface area contributed by atoms with Crippen LogP contribution in [0.4, 0.5) is 5.82 Å². The minimum Gasteiger partial charge on any atom is -0.457 e. The molecule has 0 spiro atoms. The first-order chi connectivity index (χ1) is 21.5. The van der Waals surface area contributed by atoms with E-state index in [9.17, 15) is 9.59 Å². The van der Waals surface area contributed by atoms with Gasteiger partial charge in [-0.1, -0.05) is 18.2 Å². The van der Waals surface area contributed by atoms with Gasteiger partial charge in [0.15, 0.2) is 5.65 Å². The summed E-state index contributed by atoms with van der Waals surface area (Å²) in [7, 11) is 0. The van der Waals surface area contributed by atoms with Crippen molar-refractivity contribution < 1.29 is 14.3 Å². The molecule has 222 valence electrons. The van der Waals surface area contributed by atoms with Gasteiger partial charge in [-0.05, 0) is 73.4 Å². The molecule has 1 atom stereocenters. The number of rotatable bonds is 7. The van der Waals surface area contributed by atoms with Crippen molar-refractivity contribution in [1.29, 1.82) is 0 Å². The molecular weight excluding hydrogens is 556 g/mol. The summed E-state index contributed by atoms with van der Waals surface area (Å²) in [6.45, 7) is 2.51. The number of carbonyl (C=O) groups is 2. The number of pyridine rings is 1. The average Bonchev–Trinajstić information content (AvgIpc) is 3.43. The van der Waals surface area contributed by atoms with Crippen molar-refractivity contribution in [2.24, 2.45) is 0 Å². The normalized spacial score (nSPS) is 18.0. The Labute approximate surface area is 254 Å². The number of likely N-dealkylation sites (tertiary alicyclic amines) is 1. The van der Waals surface area contributed by atoms with Gasteiger partial charge in [0.25, 0.3) is 0 Å². The van der Waals surface area contributed by atoms with Gasteiger partial charge in [0, 0.05) is 37.8 Å². The Morgan fingerprint density at radius 2 is 1.68 bits per heavy atom. The minimum absolute atomic E-state index is 0.161. The number of amides is 2. The standard InChI is InChI=1S/C33H32N8O3/c34-31-29-30(22-6-8-25(9-7-22)44-24-4-2-1-3-5-24)39-41(32(29)37-20-36-31)23-13-16-40(17-14-23)19-21-12-15-35-27(18-21)26-10-11-28(42)38-33(26)43/h1-9,12,15,18,20,23,26H,10-11,13-14,16-17,19H2,(H2,34,36,37)(H,38,42,43). The molecule has 44 heavy (non-hydrogen) atoms. The average molecular weight is 589 g/mol. The van der Waals surface area contributed by atoms with E-state index < -0.39 is 0 Å². The molecule has 11 heteroatoms. The van der Waals surface area contributed by atoms with Gasteiger partial charge in [0.05, 0.1) is 23.0 Å². The molecule has 2 amide bonds. The smallest absolute Gasteiger partial charge is 0.235 e. The summed E-state index contributed by atoms with van der Waals surface area (Å²) in [5, 5.41) is 8.23. The molecule has 2 aliphatic heterocycles. The van der Waals surface area contributed by atoms with E-state index >= 15 is 0 Å². The number of nitrogens with two attached hydrogens (primary N) is 1. The van der Waals surface area contributed by atoms with Crippen molar-refractivity contribution in [3.8, 4) is 22.8 Å². The number of aromatic nitrogens is 5. The van der Waals surface area contributed by atoms with Crippen LogP contribution in [0.5, 0.6) is 11.5 Å². The van der Waals surface area contributed by atoms with E-state index in [-0.39, 0.29) is 23.8 Å².